The monoisotopic (exact) mass is 145 g/mol. The van der Waals surface area contributed by atoms with Crippen molar-refractivity contribution in [1.29, 1.82) is 0 Å². The van der Waals surface area contributed by atoms with Crippen molar-refractivity contribution in [1.82, 2.24) is 4.98 Å². The third-order valence-corrected chi connectivity index (χ3v) is 7.68. The first-order valence-electron chi connectivity index (χ1n) is 3.93. The van der Waals surface area contributed by atoms with Gasteiger partial charge in [0.2, 0.25) is 0 Å². The molecule has 1 nitrogen and oxygen atoms in total. The van der Waals surface area contributed by atoms with Gasteiger partial charge in [0.25, 0.3) is 0 Å². The van der Waals surface area contributed by atoms with Crippen LogP contribution < -0.4 is 4.98 Å². The fourth-order valence-electron chi connectivity index (χ4n) is 1.28. The van der Waals surface area contributed by atoms with Crippen LogP contribution in [0.2, 0.25) is 18.1 Å². The largest absolute Gasteiger partial charge is 0.340 e. The van der Waals surface area contributed by atoms with Gasteiger partial charge >= 0.3 is 0 Å². The third kappa shape index (κ3) is 2.10. The molecule has 0 atom stereocenters. The topological polar surface area (TPSA) is 12.0 Å². The molecule has 2 heteroatoms. The second-order valence-electron chi connectivity index (χ2n) is 2.59. The molecule has 0 aromatic heterocycles. The average molecular weight is 145 g/mol. The van der Waals surface area contributed by atoms with E-state index in [9.17, 15) is 0 Å². The van der Waals surface area contributed by atoms with Crippen LogP contribution in [0.1, 0.15) is 20.8 Å². The Morgan fingerprint density at radius 3 is 1.33 bits per heavy atom. The Hall–Kier alpha value is 0.177. The highest BCUT2D eigenvalue weighted by molar-refractivity contribution is 6.77. The molecule has 0 saturated carbocycles. The maximum atomic E-state index is 3.50. The molecule has 0 fully saturated rings. The van der Waals surface area contributed by atoms with Crippen molar-refractivity contribution < 1.29 is 0 Å². The molecule has 0 aliphatic carbocycles. The predicted molar refractivity (Wildman–Crippen MR) is 46.3 cm³/mol. The van der Waals surface area contributed by atoms with E-state index in [0.717, 1.165) is 0 Å². The Kier molecular flexibility index (Phi) is 4.15. The van der Waals surface area contributed by atoms with Gasteiger partial charge in [0, 0.05) is 0 Å². The standard InChI is InChI=1S/C7H19NSi/c1-5-9(6-2,7-3)8-4/h8H,5-7H2,1-4H3. The minimum absolute atomic E-state index is 0.941. The van der Waals surface area contributed by atoms with Gasteiger partial charge in [-0.05, 0) is 25.2 Å². The van der Waals surface area contributed by atoms with Gasteiger partial charge in [-0.25, -0.2) is 0 Å². The summed E-state index contributed by atoms with van der Waals surface area (Å²) in [6.45, 7) is 6.90. The summed E-state index contributed by atoms with van der Waals surface area (Å²) in [5.74, 6) is 0. The highest BCUT2D eigenvalue weighted by Crippen LogP contribution is 2.14. The lowest BCUT2D eigenvalue weighted by molar-refractivity contribution is 1.02. The van der Waals surface area contributed by atoms with Gasteiger partial charge in [-0.3, -0.25) is 0 Å². The molecule has 0 aliphatic rings. The smallest absolute Gasteiger partial charge is 0.124 e. The van der Waals surface area contributed by atoms with Crippen molar-refractivity contribution in [3.63, 3.8) is 0 Å². The van der Waals surface area contributed by atoms with E-state index in [-0.39, 0.29) is 0 Å². The molecular formula is C7H19NSi. The van der Waals surface area contributed by atoms with Crippen LogP contribution in [0, 0.1) is 0 Å². The molecule has 0 aromatic carbocycles. The molecule has 0 rings (SSSR count). The number of nitrogens with one attached hydrogen (secondary N) is 1. The van der Waals surface area contributed by atoms with Crippen molar-refractivity contribution >= 4 is 8.24 Å². The van der Waals surface area contributed by atoms with E-state index < -0.39 is 8.24 Å². The summed E-state index contributed by atoms with van der Waals surface area (Å²) >= 11 is 0. The van der Waals surface area contributed by atoms with Crippen molar-refractivity contribution in [2.75, 3.05) is 7.05 Å². The molecule has 0 unspecified atom stereocenters. The van der Waals surface area contributed by atoms with E-state index in [1.54, 1.807) is 0 Å². The van der Waals surface area contributed by atoms with Crippen LogP contribution in [-0.2, 0) is 0 Å². The lowest BCUT2D eigenvalue weighted by atomic mass is 10.9. The van der Waals surface area contributed by atoms with Gasteiger partial charge in [0.05, 0.1) is 0 Å². The molecule has 0 saturated heterocycles. The van der Waals surface area contributed by atoms with Crippen molar-refractivity contribution in [2.45, 2.75) is 38.9 Å². The van der Waals surface area contributed by atoms with E-state index >= 15 is 0 Å². The first-order chi connectivity index (χ1) is 4.24. The summed E-state index contributed by atoms with van der Waals surface area (Å²) in [7, 11) is 1.17. The van der Waals surface area contributed by atoms with Crippen LogP contribution in [0.5, 0.6) is 0 Å². The lowest BCUT2D eigenvalue weighted by Gasteiger charge is -2.26. The molecule has 0 aromatic rings. The summed E-state index contributed by atoms with van der Waals surface area (Å²) in [6.07, 6.45) is 0. The Labute approximate surface area is 59.9 Å². The zero-order valence-corrected chi connectivity index (χ0v) is 8.12. The SMILES string of the molecule is CC[Si](CC)(CC)NC. The molecule has 0 spiro atoms. The minimum atomic E-state index is -0.941. The first-order valence-corrected chi connectivity index (χ1v) is 6.55. The van der Waals surface area contributed by atoms with Crippen LogP contribution >= 0.6 is 0 Å². The van der Waals surface area contributed by atoms with E-state index in [2.05, 4.69) is 32.8 Å². The first kappa shape index (κ1) is 9.18. The second-order valence-corrected chi connectivity index (χ2v) is 7.77. The molecule has 1 N–H and O–H groups in total. The molecular weight excluding hydrogens is 126 g/mol. The lowest BCUT2D eigenvalue weighted by Crippen LogP contribution is -2.46. The van der Waals surface area contributed by atoms with Gasteiger partial charge < -0.3 is 4.98 Å². The van der Waals surface area contributed by atoms with Crippen molar-refractivity contribution in [3.05, 3.63) is 0 Å². The molecule has 0 bridgehead atoms. The van der Waals surface area contributed by atoms with Crippen LogP contribution in [0.15, 0.2) is 0 Å². The molecule has 0 aliphatic heterocycles. The van der Waals surface area contributed by atoms with Gasteiger partial charge in [-0.1, -0.05) is 20.8 Å². The average Bonchev–Trinajstić information content (AvgIpc) is 1.95. The third-order valence-electron chi connectivity index (χ3n) is 2.56. The molecule has 0 radical (unpaired) electrons. The molecule has 0 heterocycles. The zero-order chi connectivity index (χ0) is 7.33. The Morgan fingerprint density at radius 2 is 1.33 bits per heavy atom. The summed E-state index contributed by atoms with van der Waals surface area (Å²) in [5, 5.41) is 0. The summed E-state index contributed by atoms with van der Waals surface area (Å²) in [5.41, 5.74) is 0. The molecule has 9 heavy (non-hydrogen) atoms. The number of hydrogen-bond acceptors (Lipinski definition) is 1. The number of hydrogen-bond donors (Lipinski definition) is 1. The zero-order valence-electron chi connectivity index (χ0n) is 7.12. The van der Waals surface area contributed by atoms with Crippen LogP contribution in [0.3, 0.4) is 0 Å². The van der Waals surface area contributed by atoms with Crippen LogP contribution in [-0.4, -0.2) is 15.3 Å². The molecule has 56 valence electrons. The van der Waals surface area contributed by atoms with Crippen LogP contribution in [0.4, 0.5) is 0 Å². The fraction of sp³-hybridized carbons (Fsp3) is 1.00. The highest BCUT2D eigenvalue weighted by atomic mass is 28.3. The summed E-state index contributed by atoms with van der Waals surface area (Å²) in [4.78, 5) is 3.50. The van der Waals surface area contributed by atoms with Gasteiger partial charge in [-0.15, -0.1) is 0 Å². The maximum absolute atomic E-state index is 3.50. The second kappa shape index (κ2) is 4.07. The quantitative estimate of drug-likeness (QED) is 0.598. The van der Waals surface area contributed by atoms with E-state index in [1.807, 2.05) is 0 Å². The van der Waals surface area contributed by atoms with Gasteiger partial charge in [0.15, 0.2) is 0 Å². The molecule has 0 amide bonds. The number of rotatable bonds is 4. The van der Waals surface area contributed by atoms with E-state index in [4.69, 9.17) is 0 Å². The van der Waals surface area contributed by atoms with E-state index in [1.165, 1.54) is 18.1 Å². The predicted octanol–water partition coefficient (Wildman–Crippen LogP) is 2.21. The maximum Gasteiger partial charge on any atom is 0.124 e. The Morgan fingerprint density at radius 1 is 1.00 bits per heavy atom. The minimum Gasteiger partial charge on any atom is -0.340 e. The van der Waals surface area contributed by atoms with Crippen molar-refractivity contribution in [3.8, 4) is 0 Å². The highest BCUT2D eigenvalue weighted by Gasteiger charge is 2.23. The fourth-order valence-corrected chi connectivity index (χ4v) is 3.84. The summed E-state index contributed by atoms with van der Waals surface area (Å²) < 4.78 is 0. The Balaban J connectivity index is 3.82. The van der Waals surface area contributed by atoms with Crippen LogP contribution in [0.25, 0.3) is 0 Å². The van der Waals surface area contributed by atoms with E-state index in [0.29, 0.717) is 0 Å². The normalized spacial score (nSPS) is 12.0. The van der Waals surface area contributed by atoms with Gasteiger partial charge in [0.1, 0.15) is 8.24 Å². The van der Waals surface area contributed by atoms with Gasteiger partial charge in [-0.2, -0.15) is 0 Å². The van der Waals surface area contributed by atoms with Crippen molar-refractivity contribution in [2.24, 2.45) is 0 Å². The summed E-state index contributed by atoms with van der Waals surface area (Å²) in [6, 6.07) is 4.11. The Bertz CT molecular complexity index is 51.8.